The standard InChI is InChI=1S/C54H34N2O/c1-3-11-35(12-4-1)36-21-25-40(26-22-36)51-34-50(39-13-5-2-6-14-39)55-54(56-51)47-29-28-44(45-17-9-10-18-46(45)47)38-23-19-37(20-24-38)43-27-30-52-48(32-43)49-31-41-15-7-8-16-42(41)33-53(49)57-52/h1-34H. The lowest BCUT2D eigenvalue weighted by atomic mass is 9.93. The third-order valence-electron chi connectivity index (χ3n) is 11.1. The summed E-state index contributed by atoms with van der Waals surface area (Å²) in [6, 6.07) is 72.8. The van der Waals surface area contributed by atoms with Crippen LogP contribution in [-0.4, -0.2) is 9.97 Å². The van der Waals surface area contributed by atoms with Gasteiger partial charge in [0.1, 0.15) is 11.2 Å². The molecule has 0 saturated carbocycles. The zero-order chi connectivity index (χ0) is 37.7. The van der Waals surface area contributed by atoms with Crippen LogP contribution in [0.15, 0.2) is 211 Å². The van der Waals surface area contributed by atoms with Crippen molar-refractivity contribution < 1.29 is 4.42 Å². The first-order chi connectivity index (χ1) is 28.2. The number of nitrogens with zero attached hydrogens (tertiary/aromatic N) is 2. The van der Waals surface area contributed by atoms with Crippen LogP contribution in [0.2, 0.25) is 0 Å². The second-order valence-electron chi connectivity index (χ2n) is 14.6. The Morgan fingerprint density at radius 2 is 0.754 bits per heavy atom. The fraction of sp³-hybridized carbons (Fsp3) is 0. The van der Waals surface area contributed by atoms with Crippen molar-refractivity contribution in [2.45, 2.75) is 0 Å². The van der Waals surface area contributed by atoms with Gasteiger partial charge < -0.3 is 4.42 Å². The number of furan rings is 1. The Hall–Kier alpha value is -7.62. The van der Waals surface area contributed by atoms with Gasteiger partial charge in [0.05, 0.1) is 11.4 Å². The van der Waals surface area contributed by atoms with E-state index in [9.17, 15) is 0 Å². The van der Waals surface area contributed by atoms with Crippen molar-refractivity contribution in [3.63, 3.8) is 0 Å². The maximum atomic E-state index is 6.28. The van der Waals surface area contributed by atoms with Crippen molar-refractivity contribution in [3.8, 4) is 67.3 Å². The molecule has 2 aromatic heterocycles. The van der Waals surface area contributed by atoms with E-state index in [-0.39, 0.29) is 0 Å². The molecule has 11 aromatic rings. The predicted molar refractivity (Wildman–Crippen MR) is 237 cm³/mol. The van der Waals surface area contributed by atoms with Gasteiger partial charge in [-0.1, -0.05) is 170 Å². The van der Waals surface area contributed by atoms with Crippen LogP contribution in [0.1, 0.15) is 0 Å². The molecule has 0 spiro atoms. The summed E-state index contributed by atoms with van der Waals surface area (Å²) in [7, 11) is 0. The van der Waals surface area contributed by atoms with Gasteiger partial charge in [-0.3, -0.25) is 0 Å². The highest BCUT2D eigenvalue weighted by Crippen LogP contribution is 2.39. The van der Waals surface area contributed by atoms with Crippen molar-refractivity contribution in [2.75, 3.05) is 0 Å². The van der Waals surface area contributed by atoms with E-state index in [1.54, 1.807) is 0 Å². The third-order valence-corrected chi connectivity index (χ3v) is 11.1. The summed E-state index contributed by atoms with van der Waals surface area (Å²) in [5, 5.41) is 6.93. The number of aromatic nitrogens is 2. The zero-order valence-electron chi connectivity index (χ0n) is 30.9. The molecular formula is C54H34N2O. The lowest BCUT2D eigenvalue weighted by Gasteiger charge is -2.14. The first-order valence-electron chi connectivity index (χ1n) is 19.3. The van der Waals surface area contributed by atoms with Crippen molar-refractivity contribution in [2.24, 2.45) is 0 Å². The maximum Gasteiger partial charge on any atom is 0.161 e. The number of rotatable bonds is 6. The van der Waals surface area contributed by atoms with Gasteiger partial charge in [-0.05, 0) is 91.3 Å². The van der Waals surface area contributed by atoms with E-state index in [0.29, 0.717) is 5.82 Å². The minimum atomic E-state index is 0.701. The molecule has 3 heteroatoms. The van der Waals surface area contributed by atoms with E-state index < -0.39 is 0 Å². The summed E-state index contributed by atoms with van der Waals surface area (Å²) in [5.74, 6) is 0.701. The zero-order valence-corrected chi connectivity index (χ0v) is 30.9. The number of hydrogen-bond donors (Lipinski definition) is 0. The van der Waals surface area contributed by atoms with Gasteiger partial charge in [0.25, 0.3) is 0 Å². The molecule has 11 rings (SSSR count). The normalized spacial score (nSPS) is 11.5. The SMILES string of the molecule is c1ccc(-c2ccc(-c3cc(-c4ccccc4)nc(-c4ccc(-c5ccc(-c6ccc7oc8cc9ccccc9cc8c7c6)cc5)c5ccccc45)n3)cc2)cc1. The highest BCUT2D eigenvalue weighted by atomic mass is 16.3. The van der Waals surface area contributed by atoms with Crippen LogP contribution in [0.4, 0.5) is 0 Å². The molecule has 0 bridgehead atoms. The predicted octanol–water partition coefficient (Wildman–Crippen LogP) is 14.7. The topological polar surface area (TPSA) is 38.9 Å². The molecule has 0 aliphatic carbocycles. The second-order valence-corrected chi connectivity index (χ2v) is 14.6. The molecule has 0 unspecified atom stereocenters. The Balaban J connectivity index is 0.971. The van der Waals surface area contributed by atoms with E-state index in [2.05, 4.69) is 194 Å². The summed E-state index contributed by atoms with van der Waals surface area (Å²) in [5.41, 5.74) is 13.7. The lowest BCUT2D eigenvalue weighted by Crippen LogP contribution is -1.97. The van der Waals surface area contributed by atoms with Gasteiger partial charge in [0.2, 0.25) is 0 Å². The average Bonchev–Trinajstić information content (AvgIpc) is 3.65. The van der Waals surface area contributed by atoms with Crippen molar-refractivity contribution in [1.82, 2.24) is 9.97 Å². The Morgan fingerprint density at radius 1 is 0.281 bits per heavy atom. The Morgan fingerprint density at radius 3 is 1.46 bits per heavy atom. The maximum absolute atomic E-state index is 6.28. The van der Waals surface area contributed by atoms with Crippen molar-refractivity contribution in [1.29, 1.82) is 0 Å². The minimum Gasteiger partial charge on any atom is -0.456 e. The number of hydrogen-bond acceptors (Lipinski definition) is 3. The van der Waals surface area contributed by atoms with Gasteiger partial charge in [-0.25, -0.2) is 9.97 Å². The summed E-state index contributed by atoms with van der Waals surface area (Å²) < 4.78 is 6.28. The van der Waals surface area contributed by atoms with E-state index in [1.165, 1.54) is 27.5 Å². The summed E-state index contributed by atoms with van der Waals surface area (Å²) in [4.78, 5) is 10.4. The van der Waals surface area contributed by atoms with Crippen LogP contribution >= 0.6 is 0 Å². The summed E-state index contributed by atoms with van der Waals surface area (Å²) >= 11 is 0. The molecule has 9 aromatic carbocycles. The molecule has 0 N–H and O–H groups in total. The molecule has 0 saturated heterocycles. The first-order valence-corrected chi connectivity index (χ1v) is 19.3. The van der Waals surface area contributed by atoms with Gasteiger partial charge in [0.15, 0.2) is 5.82 Å². The van der Waals surface area contributed by atoms with Crippen LogP contribution in [0.25, 0.3) is 111 Å². The van der Waals surface area contributed by atoms with Crippen LogP contribution in [-0.2, 0) is 0 Å². The van der Waals surface area contributed by atoms with Crippen LogP contribution in [0.3, 0.4) is 0 Å². The molecule has 0 fully saturated rings. The van der Waals surface area contributed by atoms with E-state index >= 15 is 0 Å². The molecule has 3 nitrogen and oxygen atoms in total. The molecule has 0 aliphatic rings. The fourth-order valence-corrected chi connectivity index (χ4v) is 8.17. The third kappa shape index (κ3) is 5.94. The van der Waals surface area contributed by atoms with E-state index in [0.717, 1.165) is 77.5 Å². The second kappa shape index (κ2) is 13.6. The summed E-state index contributed by atoms with van der Waals surface area (Å²) in [6.45, 7) is 0. The van der Waals surface area contributed by atoms with Crippen LogP contribution < -0.4 is 0 Å². The molecule has 2 heterocycles. The molecule has 0 aliphatic heterocycles. The van der Waals surface area contributed by atoms with Gasteiger partial charge in [0, 0.05) is 27.5 Å². The van der Waals surface area contributed by atoms with Gasteiger partial charge in [-0.2, -0.15) is 0 Å². The number of fused-ring (bicyclic) bond motifs is 5. The van der Waals surface area contributed by atoms with Crippen molar-refractivity contribution in [3.05, 3.63) is 206 Å². The van der Waals surface area contributed by atoms with Gasteiger partial charge >= 0.3 is 0 Å². The molecular weight excluding hydrogens is 693 g/mol. The molecule has 0 radical (unpaired) electrons. The average molecular weight is 727 g/mol. The molecule has 266 valence electrons. The largest absolute Gasteiger partial charge is 0.456 e. The number of benzene rings is 9. The monoisotopic (exact) mass is 726 g/mol. The molecule has 0 atom stereocenters. The minimum absolute atomic E-state index is 0.701. The highest BCUT2D eigenvalue weighted by molar-refractivity contribution is 6.11. The van der Waals surface area contributed by atoms with Gasteiger partial charge in [-0.15, -0.1) is 0 Å². The van der Waals surface area contributed by atoms with E-state index in [1.807, 2.05) is 12.1 Å². The van der Waals surface area contributed by atoms with E-state index in [4.69, 9.17) is 14.4 Å². The Labute approximate surface area is 330 Å². The summed E-state index contributed by atoms with van der Waals surface area (Å²) in [6.07, 6.45) is 0. The molecule has 57 heavy (non-hydrogen) atoms. The highest BCUT2D eigenvalue weighted by Gasteiger charge is 2.16. The van der Waals surface area contributed by atoms with Crippen LogP contribution in [0.5, 0.6) is 0 Å². The lowest BCUT2D eigenvalue weighted by molar-refractivity contribution is 0.669. The quantitative estimate of drug-likeness (QED) is 0.171. The fourth-order valence-electron chi connectivity index (χ4n) is 8.17. The van der Waals surface area contributed by atoms with Crippen LogP contribution in [0, 0.1) is 0 Å². The first kappa shape index (κ1) is 32.8. The smallest absolute Gasteiger partial charge is 0.161 e. The Bertz CT molecular complexity index is 3260. The Kier molecular flexibility index (Phi) is 7.82. The molecule has 0 amide bonds. The van der Waals surface area contributed by atoms with Crippen molar-refractivity contribution >= 4 is 43.5 Å².